The quantitative estimate of drug-likeness (QED) is 0.710. The van der Waals surface area contributed by atoms with E-state index in [1.54, 1.807) is 0 Å². The Morgan fingerprint density at radius 3 is 2.69 bits per heavy atom. The predicted molar refractivity (Wildman–Crippen MR) is 51.8 cm³/mol. The molecule has 0 unspecified atom stereocenters. The Hall–Kier alpha value is -1.15. The molecule has 13 heavy (non-hydrogen) atoms. The lowest BCUT2D eigenvalue weighted by Crippen LogP contribution is -2.15. The fourth-order valence-corrected chi connectivity index (χ4v) is 1.61. The maximum atomic E-state index is 11.4. The molecule has 2 nitrogen and oxygen atoms in total. The molecule has 2 N–H and O–H groups in total. The summed E-state index contributed by atoms with van der Waals surface area (Å²) in [5.41, 5.74) is 7.36. The molecular formula is C11H13NO. The van der Waals surface area contributed by atoms with E-state index in [9.17, 15) is 4.79 Å². The van der Waals surface area contributed by atoms with Crippen molar-refractivity contribution in [1.82, 2.24) is 0 Å². The Labute approximate surface area is 77.8 Å². The molecule has 0 aliphatic heterocycles. The number of ketones is 1. The van der Waals surface area contributed by atoms with Crippen LogP contribution in [-0.4, -0.2) is 12.3 Å². The fourth-order valence-electron chi connectivity index (χ4n) is 1.61. The van der Waals surface area contributed by atoms with Crippen molar-refractivity contribution in [2.75, 3.05) is 6.54 Å². The van der Waals surface area contributed by atoms with Gasteiger partial charge in [-0.15, -0.1) is 0 Å². The first kappa shape index (κ1) is 8.45. The molecule has 1 aromatic rings. The minimum atomic E-state index is 0.0579. The largest absolute Gasteiger partial charge is 0.324 e. The molecule has 2 rings (SSSR count). The van der Waals surface area contributed by atoms with Gasteiger partial charge in [0, 0.05) is 5.56 Å². The highest BCUT2D eigenvalue weighted by molar-refractivity contribution is 5.99. The van der Waals surface area contributed by atoms with Crippen molar-refractivity contribution in [2.24, 2.45) is 5.73 Å². The second kappa shape index (κ2) is 3.30. The zero-order valence-electron chi connectivity index (χ0n) is 7.49. The van der Waals surface area contributed by atoms with Crippen LogP contribution in [0.5, 0.6) is 0 Å². The lowest BCUT2D eigenvalue weighted by atomic mass is 10.00. The van der Waals surface area contributed by atoms with Gasteiger partial charge in [0.2, 0.25) is 0 Å². The van der Waals surface area contributed by atoms with E-state index >= 15 is 0 Å². The van der Waals surface area contributed by atoms with Gasteiger partial charge in [-0.05, 0) is 24.3 Å². The Morgan fingerprint density at radius 2 is 2.08 bits per heavy atom. The molecule has 1 aliphatic carbocycles. The zero-order chi connectivity index (χ0) is 9.26. The summed E-state index contributed by atoms with van der Waals surface area (Å²) in [4.78, 5) is 11.4. The van der Waals surface area contributed by atoms with E-state index in [2.05, 4.69) is 0 Å². The van der Waals surface area contributed by atoms with Crippen LogP contribution >= 0.6 is 0 Å². The number of carbonyl (C=O) groups excluding carboxylic acids is 1. The van der Waals surface area contributed by atoms with E-state index in [1.807, 2.05) is 24.3 Å². The Kier molecular flexibility index (Phi) is 2.15. The molecule has 0 aromatic heterocycles. The second-order valence-corrected chi connectivity index (χ2v) is 3.49. The van der Waals surface area contributed by atoms with Crippen molar-refractivity contribution in [2.45, 2.75) is 18.8 Å². The van der Waals surface area contributed by atoms with Crippen LogP contribution in [0.15, 0.2) is 24.3 Å². The number of hydrogen-bond acceptors (Lipinski definition) is 2. The van der Waals surface area contributed by atoms with Crippen molar-refractivity contribution in [3.63, 3.8) is 0 Å². The monoisotopic (exact) mass is 175 g/mol. The first-order valence-corrected chi connectivity index (χ1v) is 4.65. The van der Waals surface area contributed by atoms with E-state index in [0.717, 1.165) is 5.56 Å². The predicted octanol–water partition coefficient (Wildman–Crippen LogP) is 1.71. The first-order chi connectivity index (χ1) is 6.33. The molecule has 2 heteroatoms. The van der Waals surface area contributed by atoms with Gasteiger partial charge in [0.1, 0.15) is 0 Å². The van der Waals surface area contributed by atoms with E-state index < -0.39 is 0 Å². The van der Waals surface area contributed by atoms with Gasteiger partial charge < -0.3 is 5.73 Å². The van der Waals surface area contributed by atoms with Crippen molar-refractivity contribution in [3.8, 4) is 0 Å². The van der Waals surface area contributed by atoms with Crippen LogP contribution in [0.2, 0.25) is 0 Å². The molecule has 0 bridgehead atoms. The third-order valence-corrected chi connectivity index (χ3v) is 2.46. The average Bonchev–Trinajstić information content (AvgIpc) is 3.00. The third-order valence-electron chi connectivity index (χ3n) is 2.46. The van der Waals surface area contributed by atoms with Crippen LogP contribution in [0, 0.1) is 0 Å². The topological polar surface area (TPSA) is 43.1 Å². The lowest BCUT2D eigenvalue weighted by molar-refractivity contribution is 0.100. The highest BCUT2D eigenvalue weighted by Crippen LogP contribution is 2.41. The van der Waals surface area contributed by atoms with Gasteiger partial charge in [-0.1, -0.05) is 24.3 Å². The second-order valence-electron chi connectivity index (χ2n) is 3.49. The SMILES string of the molecule is NCC(=O)c1ccccc1C1CC1. The van der Waals surface area contributed by atoms with Gasteiger partial charge in [-0.25, -0.2) is 0 Å². The van der Waals surface area contributed by atoms with E-state index in [4.69, 9.17) is 5.73 Å². The summed E-state index contributed by atoms with van der Waals surface area (Å²) in [5.74, 6) is 0.675. The van der Waals surface area contributed by atoms with Gasteiger partial charge in [-0.3, -0.25) is 4.79 Å². The summed E-state index contributed by atoms with van der Waals surface area (Å²) in [6, 6.07) is 7.80. The highest BCUT2D eigenvalue weighted by Gasteiger charge is 2.26. The number of carbonyl (C=O) groups is 1. The molecule has 0 spiro atoms. The molecule has 0 atom stereocenters. The van der Waals surface area contributed by atoms with Crippen LogP contribution in [0.1, 0.15) is 34.7 Å². The summed E-state index contributed by atoms with van der Waals surface area (Å²) in [7, 11) is 0. The van der Waals surface area contributed by atoms with Crippen LogP contribution < -0.4 is 5.73 Å². The summed E-state index contributed by atoms with van der Waals surface area (Å²) in [6.45, 7) is 0.115. The maximum Gasteiger partial charge on any atom is 0.176 e. The maximum absolute atomic E-state index is 11.4. The van der Waals surface area contributed by atoms with E-state index in [-0.39, 0.29) is 12.3 Å². The van der Waals surface area contributed by atoms with Gasteiger partial charge in [-0.2, -0.15) is 0 Å². The minimum absolute atomic E-state index is 0.0579. The highest BCUT2D eigenvalue weighted by atomic mass is 16.1. The Balaban J connectivity index is 2.36. The van der Waals surface area contributed by atoms with E-state index in [1.165, 1.54) is 18.4 Å². The fraction of sp³-hybridized carbons (Fsp3) is 0.364. The van der Waals surface area contributed by atoms with Crippen molar-refractivity contribution in [1.29, 1.82) is 0 Å². The van der Waals surface area contributed by atoms with Gasteiger partial charge in [0.25, 0.3) is 0 Å². The van der Waals surface area contributed by atoms with Crippen LogP contribution in [0.3, 0.4) is 0 Å². The smallest absolute Gasteiger partial charge is 0.176 e. The van der Waals surface area contributed by atoms with Crippen LogP contribution in [0.4, 0.5) is 0 Å². The van der Waals surface area contributed by atoms with Crippen LogP contribution in [-0.2, 0) is 0 Å². The van der Waals surface area contributed by atoms with Gasteiger partial charge in [0.15, 0.2) is 5.78 Å². The Morgan fingerprint density at radius 1 is 1.38 bits per heavy atom. The molecule has 1 fully saturated rings. The van der Waals surface area contributed by atoms with Crippen molar-refractivity contribution < 1.29 is 4.79 Å². The molecular weight excluding hydrogens is 162 g/mol. The van der Waals surface area contributed by atoms with E-state index in [0.29, 0.717) is 5.92 Å². The Bertz CT molecular complexity index is 329. The first-order valence-electron chi connectivity index (χ1n) is 4.65. The van der Waals surface area contributed by atoms with Gasteiger partial charge in [0.05, 0.1) is 6.54 Å². The number of benzene rings is 1. The zero-order valence-corrected chi connectivity index (χ0v) is 7.49. The van der Waals surface area contributed by atoms with Crippen molar-refractivity contribution in [3.05, 3.63) is 35.4 Å². The molecule has 0 saturated heterocycles. The molecule has 0 heterocycles. The number of nitrogens with two attached hydrogens (primary N) is 1. The molecule has 1 aliphatic rings. The molecule has 1 aromatic carbocycles. The number of hydrogen-bond donors (Lipinski definition) is 1. The standard InChI is InChI=1S/C11H13NO/c12-7-11(13)10-4-2-1-3-9(10)8-5-6-8/h1-4,8H,5-7,12H2. The molecule has 0 radical (unpaired) electrons. The molecule has 68 valence electrons. The normalized spacial score (nSPS) is 15.8. The molecule has 1 saturated carbocycles. The average molecular weight is 175 g/mol. The summed E-state index contributed by atoms with van der Waals surface area (Å²) in [5, 5.41) is 0. The number of rotatable bonds is 3. The number of Topliss-reactive ketones (excluding diaryl/α,β-unsaturated/α-hetero) is 1. The summed E-state index contributed by atoms with van der Waals surface area (Å²) >= 11 is 0. The molecule has 0 amide bonds. The van der Waals surface area contributed by atoms with Crippen molar-refractivity contribution >= 4 is 5.78 Å². The summed E-state index contributed by atoms with van der Waals surface area (Å²) in [6.07, 6.45) is 2.43. The lowest BCUT2D eigenvalue weighted by Gasteiger charge is -2.05. The van der Waals surface area contributed by atoms with Crippen LogP contribution in [0.25, 0.3) is 0 Å². The minimum Gasteiger partial charge on any atom is -0.324 e. The summed E-state index contributed by atoms with van der Waals surface area (Å²) < 4.78 is 0. The third kappa shape index (κ3) is 1.63. The van der Waals surface area contributed by atoms with Gasteiger partial charge >= 0.3 is 0 Å².